The summed E-state index contributed by atoms with van der Waals surface area (Å²) in [5, 5.41) is 8.64. The third kappa shape index (κ3) is 13.7. The molecular formula is C16H34NO2+. The standard InChI is InChI=1S/C16H33NO2/c1-4-5-6-7-8-9-10-11-14-17(2,3)15-12-13-16(18)19/h4-15H2,1-3H3/p+1. The molecule has 3 nitrogen and oxygen atoms in total. The molecule has 0 aromatic rings. The van der Waals surface area contributed by atoms with Crippen LogP contribution in [0.25, 0.3) is 0 Å². The van der Waals surface area contributed by atoms with Gasteiger partial charge in [-0.2, -0.15) is 0 Å². The second-order valence-corrected chi connectivity index (χ2v) is 6.36. The number of quaternary nitrogens is 1. The zero-order valence-electron chi connectivity index (χ0n) is 13.3. The molecule has 0 aliphatic rings. The maximum absolute atomic E-state index is 10.5. The third-order valence-corrected chi connectivity index (χ3v) is 3.77. The first kappa shape index (κ1) is 18.4. The smallest absolute Gasteiger partial charge is 0.303 e. The Balaban J connectivity index is 3.39. The van der Waals surface area contributed by atoms with Crippen molar-refractivity contribution in [1.29, 1.82) is 0 Å². The van der Waals surface area contributed by atoms with Crippen LogP contribution in [0.2, 0.25) is 0 Å². The van der Waals surface area contributed by atoms with Gasteiger partial charge in [0.05, 0.1) is 33.6 Å². The normalized spacial score (nSPS) is 11.7. The van der Waals surface area contributed by atoms with E-state index in [2.05, 4.69) is 21.0 Å². The van der Waals surface area contributed by atoms with Gasteiger partial charge < -0.3 is 9.59 Å². The Bertz CT molecular complexity index is 227. The van der Waals surface area contributed by atoms with E-state index < -0.39 is 5.97 Å². The second-order valence-electron chi connectivity index (χ2n) is 6.36. The van der Waals surface area contributed by atoms with Crippen LogP contribution in [-0.2, 0) is 4.79 Å². The fourth-order valence-electron chi connectivity index (χ4n) is 2.44. The lowest BCUT2D eigenvalue weighted by molar-refractivity contribution is -0.890. The average Bonchev–Trinajstić information content (AvgIpc) is 2.31. The molecule has 0 atom stereocenters. The second kappa shape index (κ2) is 11.3. The predicted molar refractivity (Wildman–Crippen MR) is 81.3 cm³/mol. The molecule has 0 fully saturated rings. The molecule has 1 N–H and O–H groups in total. The van der Waals surface area contributed by atoms with Crippen LogP contribution in [0.1, 0.15) is 71.1 Å². The van der Waals surface area contributed by atoms with Crippen molar-refractivity contribution < 1.29 is 14.4 Å². The highest BCUT2D eigenvalue weighted by atomic mass is 16.4. The Kier molecular flexibility index (Phi) is 10.9. The summed E-state index contributed by atoms with van der Waals surface area (Å²) >= 11 is 0. The van der Waals surface area contributed by atoms with Crippen molar-refractivity contribution in [2.45, 2.75) is 71.1 Å². The van der Waals surface area contributed by atoms with Crippen LogP contribution in [-0.4, -0.2) is 42.7 Å². The molecule has 3 heteroatoms. The van der Waals surface area contributed by atoms with Crippen molar-refractivity contribution in [3.8, 4) is 0 Å². The van der Waals surface area contributed by atoms with Crippen molar-refractivity contribution in [1.82, 2.24) is 0 Å². The molecule has 0 aliphatic heterocycles. The Morgan fingerprint density at radius 2 is 1.32 bits per heavy atom. The first-order valence-corrected chi connectivity index (χ1v) is 8.02. The number of rotatable bonds is 13. The van der Waals surface area contributed by atoms with Gasteiger partial charge in [0, 0.05) is 6.42 Å². The zero-order valence-corrected chi connectivity index (χ0v) is 13.3. The number of hydrogen-bond acceptors (Lipinski definition) is 1. The molecule has 0 aromatic heterocycles. The number of nitrogens with zero attached hydrogens (tertiary/aromatic N) is 1. The van der Waals surface area contributed by atoms with Crippen LogP contribution < -0.4 is 0 Å². The largest absolute Gasteiger partial charge is 0.481 e. The summed E-state index contributed by atoms with van der Waals surface area (Å²) in [6.07, 6.45) is 11.9. The highest BCUT2D eigenvalue weighted by molar-refractivity contribution is 5.66. The molecule has 0 amide bonds. The minimum atomic E-state index is -0.674. The lowest BCUT2D eigenvalue weighted by Crippen LogP contribution is -2.41. The van der Waals surface area contributed by atoms with Crippen molar-refractivity contribution in [3.05, 3.63) is 0 Å². The van der Waals surface area contributed by atoms with Gasteiger partial charge >= 0.3 is 5.97 Å². The van der Waals surface area contributed by atoms with Gasteiger partial charge in [-0.05, 0) is 12.8 Å². The topological polar surface area (TPSA) is 37.3 Å². The maximum Gasteiger partial charge on any atom is 0.303 e. The van der Waals surface area contributed by atoms with Crippen LogP contribution in [0.5, 0.6) is 0 Å². The summed E-state index contributed by atoms with van der Waals surface area (Å²) in [7, 11) is 4.42. The fourth-order valence-corrected chi connectivity index (χ4v) is 2.44. The molecular weight excluding hydrogens is 238 g/mol. The van der Waals surface area contributed by atoms with Crippen LogP contribution in [0.15, 0.2) is 0 Å². The summed E-state index contributed by atoms with van der Waals surface area (Å²) in [6.45, 7) is 4.40. The Hall–Kier alpha value is -0.570. The molecule has 0 saturated heterocycles. The average molecular weight is 272 g/mol. The summed E-state index contributed by atoms with van der Waals surface area (Å²) in [4.78, 5) is 10.5. The lowest BCUT2D eigenvalue weighted by atomic mass is 10.1. The van der Waals surface area contributed by atoms with E-state index in [4.69, 9.17) is 5.11 Å². The number of carbonyl (C=O) groups is 1. The minimum absolute atomic E-state index is 0.305. The van der Waals surface area contributed by atoms with Gasteiger partial charge in [0.2, 0.25) is 0 Å². The van der Waals surface area contributed by atoms with Gasteiger partial charge in [-0.25, -0.2) is 0 Å². The van der Waals surface area contributed by atoms with E-state index in [1.165, 1.54) is 57.9 Å². The summed E-state index contributed by atoms with van der Waals surface area (Å²) < 4.78 is 0.961. The fraction of sp³-hybridized carbons (Fsp3) is 0.938. The van der Waals surface area contributed by atoms with Gasteiger partial charge in [0.15, 0.2) is 0 Å². The number of unbranched alkanes of at least 4 members (excludes halogenated alkanes) is 7. The molecule has 0 saturated carbocycles. The predicted octanol–water partition coefficient (Wildman–Crippen LogP) is 4.07. The Morgan fingerprint density at radius 3 is 1.84 bits per heavy atom. The quantitative estimate of drug-likeness (QED) is 0.405. The van der Waals surface area contributed by atoms with Crippen LogP contribution >= 0.6 is 0 Å². The molecule has 0 radical (unpaired) electrons. The molecule has 0 spiro atoms. The van der Waals surface area contributed by atoms with E-state index in [9.17, 15) is 4.79 Å². The number of hydrogen-bond donors (Lipinski definition) is 1. The van der Waals surface area contributed by atoms with E-state index in [0.29, 0.717) is 6.42 Å². The van der Waals surface area contributed by atoms with Crippen molar-refractivity contribution in [3.63, 3.8) is 0 Å². The Morgan fingerprint density at radius 1 is 0.842 bits per heavy atom. The molecule has 0 bridgehead atoms. The highest BCUT2D eigenvalue weighted by Crippen LogP contribution is 2.10. The highest BCUT2D eigenvalue weighted by Gasteiger charge is 2.14. The lowest BCUT2D eigenvalue weighted by Gasteiger charge is -2.29. The molecule has 0 heterocycles. The number of aliphatic carboxylic acids is 1. The van der Waals surface area contributed by atoms with E-state index in [0.717, 1.165) is 17.4 Å². The van der Waals surface area contributed by atoms with E-state index >= 15 is 0 Å². The van der Waals surface area contributed by atoms with E-state index in [1.54, 1.807) is 0 Å². The number of carboxylic acids is 1. The minimum Gasteiger partial charge on any atom is -0.481 e. The molecule has 114 valence electrons. The van der Waals surface area contributed by atoms with E-state index in [-0.39, 0.29) is 0 Å². The molecule has 19 heavy (non-hydrogen) atoms. The van der Waals surface area contributed by atoms with Gasteiger partial charge in [0.25, 0.3) is 0 Å². The number of carboxylic acid groups (broad SMARTS) is 1. The van der Waals surface area contributed by atoms with Crippen molar-refractivity contribution >= 4 is 5.97 Å². The molecule has 0 aromatic carbocycles. The maximum atomic E-state index is 10.5. The van der Waals surface area contributed by atoms with Crippen LogP contribution in [0.3, 0.4) is 0 Å². The zero-order chi connectivity index (χ0) is 14.6. The summed E-state index contributed by atoms with van der Waals surface area (Å²) in [5.41, 5.74) is 0. The van der Waals surface area contributed by atoms with Gasteiger partial charge in [0.1, 0.15) is 0 Å². The van der Waals surface area contributed by atoms with Gasteiger partial charge in [-0.15, -0.1) is 0 Å². The summed E-state index contributed by atoms with van der Waals surface area (Å²) in [6, 6.07) is 0. The monoisotopic (exact) mass is 272 g/mol. The van der Waals surface area contributed by atoms with Gasteiger partial charge in [-0.1, -0.05) is 45.4 Å². The van der Waals surface area contributed by atoms with Crippen LogP contribution in [0.4, 0.5) is 0 Å². The Labute approximate surface area is 119 Å². The first-order chi connectivity index (χ1) is 8.98. The molecule has 0 rings (SSSR count). The third-order valence-electron chi connectivity index (χ3n) is 3.77. The first-order valence-electron chi connectivity index (χ1n) is 8.02. The molecule has 0 aliphatic carbocycles. The summed E-state index contributed by atoms with van der Waals surface area (Å²) in [5.74, 6) is -0.674. The SMILES string of the molecule is CCCCCCCCCC[N+](C)(C)CCCC(=O)O. The molecule has 0 unspecified atom stereocenters. The van der Waals surface area contributed by atoms with Gasteiger partial charge in [-0.3, -0.25) is 4.79 Å². The van der Waals surface area contributed by atoms with Crippen molar-refractivity contribution in [2.75, 3.05) is 27.2 Å². The van der Waals surface area contributed by atoms with Crippen molar-refractivity contribution in [2.24, 2.45) is 0 Å². The van der Waals surface area contributed by atoms with Crippen LogP contribution in [0, 0.1) is 0 Å². The van der Waals surface area contributed by atoms with E-state index in [1.807, 2.05) is 0 Å².